The predicted octanol–water partition coefficient (Wildman–Crippen LogP) is 2.44. The van der Waals surface area contributed by atoms with Gasteiger partial charge in [-0.15, -0.1) is 0 Å². The molecule has 1 fully saturated rings. The summed E-state index contributed by atoms with van der Waals surface area (Å²) in [7, 11) is 0. The van der Waals surface area contributed by atoms with Crippen molar-refractivity contribution in [1.82, 2.24) is 9.80 Å². The fraction of sp³-hybridized carbons (Fsp3) is 0.462. The minimum Gasteiger partial charge on any atom is -0.336 e. The average Bonchev–Trinajstić information content (AvgIpc) is 2.40. The summed E-state index contributed by atoms with van der Waals surface area (Å²) in [5.74, 6) is 0.157. The summed E-state index contributed by atoms with van der Waals surface area (Å²) in [4.78, 5) is 16.6. The zero-order chi connectivity index (χ0) is 13.0. The maximum absolute atomic E-state index is 12.3. The van der Waals surface area contributed by atoms with Crippen molar-refractivity contribution in [3.8, 4) is 0 Å². The minimum atomic E-state index is 0.157. The molecule has 1 aliphatic heterocycles. The number of nitrogens with zero attached hydrogens (tertiary/aromatic N) is 2. The van der Waals surface area contributed by atoms with Crippen LogP contribution in [0, 0.1) is 3.57 Å². The summed E-state index contributed by atoms with van der Waals surface area (Å²) in [6.45, 7) is 4.67. The third kappa shape index (κ3) is 3.68. The predicted molar refractivity (Wildman–Crippen MR) is 85.3 cm³/mol. The van der Waals surface area contributed by atoms with Gasteiger partial charge < -0.3 is 4.90 Å². The van der Waals surface area contributed by atoms with Crippen molar-refractivity contribution in [3.63, 3.8) is 0 Å². The van der Waals surface area contributed by atoms with Crippen molar-refractivity contribution in [2.45, 2.75) is 0 Å². The number of halogens is 2. The van der Waals surface area contributed by atoms with Crippen LogP contribution in [0.4, 0.5) is 0 Å². The zero-order valence-electron chi connectivity index (χ0n) is 10.1. The molecule has 2 rings (SSSR count). The van der Waals surface area contributed by atoms with Crippen LogP contribution in [0.5, 0.6) is 0 Å². The smallest absolute Gasteiger partial charge is 0.253 e. The van der Waals surface area contributed by atoms with E-state index in [1.807, 2.05) is 29.2 Å². The first-order valence-corrected chi connectivity index (χ1v) is 8.24. The molecule has 0 spiro atoms. The van der Waals surface area contributed by atoms with Crippen molar-refractivity contribution in [2.75, 3.05) is 38.1 Å². The van der Waals surface area contributed by atoms with Gasteiger partial charge in [-0.2, -0.15) is 0 Å². The van der Waals surface area contributed by atoms with Gasteiger partial charge in [-0.05, 0) is 46.9 Å². The van der Waals surface area contributed by atoms with Crippen molar-refractivity contribution >= 4 is 44.4 Å². The Labute approximate surface area is 130 Å². The molecule has 0 radical (unpaired) electrons. The van der Waals surface area contributed by atoms with E-state index in [0.29, 0.717) is 0 Å². The Hall–Kier alpha value is -0.140. The lowest BCUT2D eigenvalue weighted by Gasteiger charge is -2.34. The van der Waals surface area contributed by atoms with Crippen LogP contribution in [-0.4, -0.2) is 53.8 Å². The summed E-state index contributed by atoms with van der Waals surface area (Å²) in [5, 5.41) is 0.998. The summed E-state index contributed by atoms with van der Waals surface area (Å²) >= 11 is 5.70. The van der Waals surface area contributed by atoms with Crippen LogP contribution in [0.1, 0.15) is 10.4 Å². The van der Waals surface area contributed by atoms with E-state index in [2.05, 4.69) is 43.4 Å². The fourth-order valence-corrected chi connectivity index (χ4v) is 2.93. The van der Waals surface area contributed by atoms with Gasteiger partial charge in [0.25, 0.3) is 5.91 Å². The molecule has 0 unspecified atom stereocenters. The lowest BCUT2D eigenvalue weighted by Crippen LogP contribution is -2.49. The number of rotatable bonds is 3. The molecule has 1 saturated heterocycles. The van der Waals surface area contributed by atoms with E-state index in [-0.39, 0.29) is 5.91 Å². The first-order chi connectivity index (χ1) is 8.70. The summed E-state index contributed by atoms with van der Waals surface area (Å²) in [6.07, 6.45) is 0. The number of carbonyl (C=O) groups excluding carboxylic acids is 1. The monoisotopic (exact) mass is 422 g/mol. The molecule has 0 saturated carbocycles. The Morgan fingerprint density at radius 1 is 1.17 bits per heavy atom. The van der Waals surface area contributed by atoms with Crippen LogP contribution < -0.4 is 0 Å². The molecular formula is C13H16BrIN2O. The molecule has 0 bridgehead atoms. The van der Waals surface area contributed by atoms with Gasteiger partial charge in [-0.3, -0.25) is 9.69 Å². The van der Waals surface area contributed by atoms with Crippen LogP contribution >= 0.6 is 38.5 Å². The second kappa shape index (κ2) is 6.86. The van der Waals surface area contributed by atoms with Crippen LogP contribution in [0.2, 0.25) is 0 Å². The highest BCUT2D eigenvalue weighted by Gasteiger charge is 2.21. The van der Waals surface area contributed by atoms with Gasteiger partial charge in [0, 0.05) is 47.2 Å². The number of benzene rings is 1. The largest absolute Gasteiger partial charge is 0.336 e. The average molecular weight is 423 g/mol. The zero-order valence-corrected chi connectivity index (χ0v) is 13.9. The van der Waals surface area contributed by atoms with E-state index in [1.54, 1.807) is 0 Å². The van der Waals surface area contributed by atoms with E-state index in [4.69, 9.17) is 0 Å². The van der Waals surface area contributed by atoms with Crippen molar-refractivity contribution in [1.29, 1.82) is 0 Å². The number of alkyl halides is 1. The molecule has 1 aliphatic rings. The fourth-order valence-electron chi connectivity index (χ4n) is 2.07. The molecule has 5 heteroatoms. The molecular weight excluding hydrogens is 407 g/mol. The first kappa shape index (κ1) is 14.3. The second-order valence-corrected chi connectivity index (χ2v) is 6.37. The van der Waals surface area contributed by atoms with Crippen LogP contribution in [0.15, 0.2) is 24.3 Å². The van der Waals surface area contributed by atoms with E-state index >= 15 is 0 Å². The molecule has 1 amide bonds. The number of hydrogen-bond donors (Lipinski definition) is 0. The molecule has 0 N–H and O–H groups in total. The Morgan fingerprint density at radius 2 is 1.78 bits per heavy atom. The van der Waals surface area contributed by atoms with E-state index < -0.39 is 0 Å². The topological polar surface area (TPSA) is 23.6 Å². The van der Waals surface area contributed by atoms with E-state index in [0.717, 1.165) is 47.2 Å². The summed E-state index contributed by atoms with van der Waals surface area (Å²) in [5.41, 5.74) is 0.796. The van der Waals surface area contributed by atoms with Gasteiger partial charge >= 0.3 is 0 Å². The number of carbonyl (C=O) groups is 1. The highest BCUT2D eigenvalue weighted by atomic mass is 127. The van der Waals surface area contributed by atoms with Crippen molar-refractivity contribution in [3.05, 3.63) is 33.4 Å². The number of hydrogen-bond acceptors (Lipinski definition) is 2. The summed E-state index contributed by atoms with van der Waals surface area (Å²) in [6, 6.07) is 7.79. The maximum Gasteiger partial charge on any atom is 0.253 e. The molecule has 1 aromatic carbocycles. The SMILES string of the molecule is O=C(c1ccc(I)cc1)N1CCN(CCBr)CC1. The molecule has 1 aromatic rings. The molecule has 98 valence electrons. The highest BCUT2D eigenvalue weighted by Crippen LogP contribution is 2.11. The molecule has 0 atom stereocenters. The second-order valence-electron chi connectivity index (χ2n) is 4.33. The van der Waals surface area contributed by atoms with Gasteiger partial charge in [0.1, 0.15) is 0 Å². The molecule has 1 heterocycles. The Morgan fingerprint density at radius 3 is 2.33 bits per heavy atom. The maximum atomic E-state index is 12.3. The molecule has 0 aliphatic carbocycles. The van der Waals surface area contributed by atoms with Gasteiger partial charge in [-0.1, -0.05) is 15.9 Å². The lowest BCUT2D eigenvalue weighted by atomic mass is 10.2. The van der Waals surface area contributed by atoms with Crippen LogP contribution in [0.3, 0.4) is 0 Å². The van der Waals surface area contributed by atoms with Crippen molar-refractivity contribution < 1.29 is 4.79 Å². The van der Waals surface area contributed by atoms with Gasteiger partial charge in [0.05, 0.1) is 0 Å². The summed E-state index contributed by atoms with van der Waals surface area (Å²) < 4.78 is 1.16. The molecule has 18 heavy (non-hydrogen) atoms. The van der Waals surface area contributed by atoms with Crippen molar-refractivity contribution in [2.24, 2.45) is 0 Å². The van der Waals surface area contributed by atoms with Gasteiger partial charge in [0.15, 0.2) is 0 Å². The van der Waals surface area contributed by atoms with Crippen LogP contribution in [-0.2, 0) is 0 Å². The molecule has 0 aromatic heterocycles. The Bertz CT molecular complexity index is 402. The molecule has 3 nitrogen and oxygen atoms in total. The third-order valence-electron chi connectivity index (χ3n) is 3.15. The Kier molecular flexibility index (Phi) is 5.44. The van der Waals surface area contributed by atoms with Gasteiger partial charge in [0.2, 0.25) is 0 Å². The van der Waals surface area contributed by atoms with Gasteiger partial charge in [-0.25, -0.2) is 0 Å². The third-order valence-corrected chi connectivity index (χ3v) is 4.23. The minimum absolute atomic E-state index is 0.157. The normalized spacial score (nSPS) is 16.9. The van der Waals surface area contributed by atoms with Crippen LogP contribution in [0.25, 0.3) is 0 Å². The standard InChI is InChI=1S/C13H16BrIN2O/c14-5-6-16-7-9-17(10-8-16)13(18)11-1-3-12(15)4-2-11/h1-4H,5-10H2. The lowest BCUT2D eigenvalue weighted by molar-refractivity contribution is 0.0645. The van der Waals surface area contributed by atoms with E-state index in [9.17, 15) is 4.79 Å². The highest BCUT2D eigenvalue weighted by molar-refractivity contribution is 14.1. The number of amides is 1. The number of piperazine rings is 1. The van der Waals surface area contributed by atoms with E-state index in [1.165, 1.54) is 0 Å². The first-order valence-electron chi connectivity index (χ1n) is 6.04. The quantitative estimate of drug-likeness (QED) is 0.551. The Balaban J connectivity index is 1.93.